The van der Waals surface area contributed by atoms with E-state index in [4.69, 9.17) is 19.3 Å². The number of carbonyl (C=O) groups excluding carboxylic acids is 3. The van der Waals surface area contributed by atoms with E-state index in [-0.39, 0.29) is 57.6 Å². The number of hydrogen-bond acceptors (Lipinski definition) is 7. The van der Waals surface area contributed by atoms with E-state index >= 15 is 0 Å². The van der Waals surface area contributed by atoms with Crippen molar-refractivity contribution < 1.29 is 33.7 Å². The number of amides is 2. The van der Waals surface area contributed by atoms with E-state index in [0.29, 0.717) is 18.4 Å². The highest BCUT2D eigenvalue weighted by molar-refractivity contribution is 5.86. The standard InChI is InChI=1S/C33H44N2O7/c1-4-12-27(23-30(37)34-18-20-41-21-19-36)32(38)35-29(24-40-3)31(26-16-10-7-11-17-26)42-33(39)28(13-5-2)22-25-14-8-6-9-15-25/h4-11,14-17,27-29,31,36H,1-2,12-13,18-24H2,3H3,(H,34,37)(H,35,38)/t27-,28+,29-,31-/m0/s1. The van der Waals surface area contributed by atoms with Gasteiger partial charge in [-0.25, -0.2) is 0 Å². The van der Waals surface area contributed by atoms with Gasteiger partial charge in [-0.3, -0.25) is 14.4 Å². The molecule has 0 saturated carbocycles. The van der Waals surface area contributed by atoms with Crippen LogP contribution in [0.2, 0.25) is 0 Å². The normalized spacial score (nSPS) is 13.7. The molecule has 228 valence electrons. The van der Waals surface area contributed by atoms with Crippen LogP contribution in [0.25, 0.3) is 0 Å². The molecule has 9 heteroatoms. The quantitative estimate of drug-likeness (QED) is 0.117. The second kappa shape index (κ2) is 20.1. The van der Waals surface area contributed by atoms with Gasteiger partial charge < -0.3 is 30.0 Å². The smallest absolute Gasteiger partial charge is 0.310 e. The number of aliphatic hydroxyl groups excluding tert-OH is 1. The molecule has 0 aliphatic heterocycles. The van der Waals surface area contributed by atoms with Gasteiger partial charge in [-0.05, 0) is 30.4 Å². The van der Waals surface area contributed by atoms with Gasteiger partial charge in [0, 0.05) is 20.1 Å². The van der Waals surface area contributed by atoms with Crippen molar-refractivity contribution >= 4 is 17.8 Å². The van der Waals surface area contributed by atoms with Crippen molar-refractivity contribution in [2.24, 2.45) is 11.8 Å². The van der Waals surface area contributed by atoms with Crippen LogP contribution in [0.5, 0.6) is 0 Å². The lowest BCUT2D eigenvalue weighted by Gasteiger charge is -2.30. The van der Waals surface area contributed by atoms with Crippen molar-refractivity contribution in [3.63, 3.8) is 0 Å². The van der Waals surface area contributed by atoms with Gasteiger partial charge in [0.25, 0.3) is 0 Å². The van der Waals surface area contributed by atoms with Crippen LogP contribution < -0.4 is 10.6 Å². The minimum absolute atomic E-state index is 0.0637. The Balaban J connectivity index is 2.21. The van der Waals surface area contributed by atoms with Crippen molar-refractivity contribution in [2.75, 3.05) is 40.1 Å². The molecular formula is C33H44N2O7. The van der Waals surface area contributed by atoms with Crippen LogP contribution in [-0.2, 0) is 35.0 Å². The maximum Gasteiger partial charge on any atom is 0.310 e. The van der Waals surface area contributed by atoms with E-state index in [1.54, 1.807) is 12.2 Å². The Hall–Kier alpha value is -3.79. The zero-order valence-corrected chi connectivity index (χ0v) is 24.4. The highest BCUT2D eigenvalue weighted by Crippen LogP contribution is 2.26. The molecule has 0 fully saturated rings. The number of allylic oxidation sites excluding steroid dienone is 2. The SMILES string of the molecule is C=CC[C@@H](CC(=O)NCCOCCO)C(=O)N[C@@H](COC)[C@@H](OC(=O)[C@H](CC=C)Cc1ccccc1)c1ccccc1. The Kier molecular flexibility index (Phi) is 16.5. The summed E-state index contributed by atoms with van der Waals surface area (Å²) < 4.78 is 16.7. The van der Waals surface area contributed by atoms with E-state index in [0.717, 1.165) is 5.56 Å². The number of methoxy groups -OCH3 is 1. The molecule has 0 aliphatic rings. The van der Waals surface area contributed by atoms with Crippen molar-refractivity contribution in [1.29, 1.82) is 0 Å². The molecular weight excluding hydrogens is 536 g/mol. The number of nitrogens with one attached hydrogen (secondary N) is 2. The lowest BCUT2D eigenvalue weighted by atomic mass is 9.95. The number of ether oxygens (including phenoxy) is 3. The molecule has 2 aromatic rings. The summed E-state index contributed by atoms with van der Waals surface area (Å²) >= 11 is 0. The van der Waals surface area contributed by atoms with Gasteiger partial charge in [-0.2, -0.15) is 0 Å². The molecule has 0 radical (unpaired) electrons. The average Bonchev–Trinajstić information content (AvgIpc) is 3.00. The van der Waals surface area contributed by atoms with Gasteiger partial charge in [0.2, 0.25) is 11.8 Å². The molecule has 0 spiro atoms. The fourth-order valence-electron chi connectivity index (χ4n) is 4.50. The van der Waals surface area contributed by atoms with Crippen LogP contribution in [0.15, 0.2) is 86.0 Å². The highest BCUT2D eigenvalue weighted by Gasteiger charge is 2.33. The van der Waals surface area contributed by atoms with Gasteiger partial charge in [0.1, 0.15) is 6.10 Å². The molecule has 2 amide bonds. The summed E-state index contributed by atoms with van der Waals surface area (Å²) in [7, 11) is 1.51. The first-order valence-corrected chi connectivity index (χ1v) is 14.2. The average molecular weight is 581 g/mol. The summed E-state index contributed by atoms with van der Waals surface area (Å²) in [5, 5.41) is 14.5. The first kappa shape index (κ1) is 34.4. The Labute approximate surface area is 248 Å². The van der Waals surface area contributed by atoms with Crippen molar-refractivity contribution in [3.8, 4) is 0 Å². The highest BCUT2D eigenvalue weighted by atomic mass is 16.5. The van der Waals surface area contributed by atoms with Gasteiger partial charge >= 0.3 is 5.97 Å². The van der Waals surface area contributed by atoms with Crippen molar-refractivity contribution in [1.82, 2.24) is 10.6 Å². The number of aliphatic hydroxyl groups is 1. The van der Waals surface area contributed by atoms with E-state index in [1.165, 1.54) is 7.11 Å². The maximum absolute atomic E-state index is 13.6. The fourth-order valence-corrected chi connectivity index (χ4v) is 4.50. The predicted octanol–water partition coefficient (Wildman–Crippen LogP) is 3.54. The van der Waals surface area contributed by atoms with Gasteiger partial charge in [-0.15, -0.1) is 13.2 Å². The van der Waals surface area contributed by atoms with E-state index in [1.807, 2.05) is 60.7 Å². The number of benzene rings is 2. The predicted molar refractivity (Wildman–Crippen MR) is 161 cm³/mol. The Morgan fingerprint density at radius 3 is 2.19 bits per heavy atom. The molecule has 42 heavy (non-hydrogen) atoms. The molecule has 2 aromatic carbocycles. The van der Waals surface area contributed by atoms with Crippen LogP contribution in [0.1, 0.15) is 36.5 Å². The Bertz CT molecular complexity index is 1090. The molecule has 0 aliphatic carbocycles. The summed E-state index contributed by atoms with van der Waals surface area (Å²) in [4.78, 5) is 39.5. The largest absolute Gasteiger partial charge is 0.455 e. The van der Waals surface area contributed by atoms with Crippen molar-refractivity contribution in [2.45, 2.75) is 37.8 Å². The molecule has 4 atom stereocenters. The molecule has 0 bridgehead atoms. The summed E-state index contributed by atoms with van der Waals surface area (Å²) in [5.41, 5.74) is 1.70. The van der Waals surface area contributed by atoms with E-state index in [9.17, 15) is 14.4 Å². The molecule has 0 unspecified atom stereocenters. The van der Waals surface area contributed by atoms with Crippen LogP contribution in [0.4, 0.5) is 0 Å². The molecule has 0 aromatic heterocycles. The summed E-state index contributed by atoms with van der Waals surface area (Å²) in [5.74, 6) is -2.26. The van der Waals surface area contributed by atoms with E-state index in [2.05, 4.69) is 23.8 Å². The van der Waals surface area contributed by atoms with Crippen LogP contribution >= 0.6 is 0 Å². The fraction of sp³-hybridized carbons (Fsp3) is 0.424. The summed E-state index contributed by atoms with van der Waals surface area (Å²) in [6.07, 6.45) is 3.57. The Morgan fingerprint density at radius 1 is 0.929 bits per heavy atom. The molecule has 9 nitrogen and oxygen atoms in total. The molecule has 0 saturated heterocycles. The molecule has 3 N–H and O–H groups in total. The molecule has 0 heterocycles. The van der Waals surface area contributed by atoms with Crippen LogP contribution in [-0.4, -0.2) is 69.0 Å². The minimum atomic E-state index is -0.840. The third-order valence-electron chi connectivity index (χ3n) is 6.58. The number of esters is 1. The summed E-state index contributed by atoms with van der Waals surface area (Å²) in [6, 6.07) is 18.2. The van der Waals surface area contributed by atoms with Gasteiger partial charge in [0.15, 0.2) is 0 Å². The number of carbonyl (C=O) groups is 3. The third-order valence-corrected chi connectivity index (χ3v) is 6.58. The lowest BCUT2D eigenvalue weighted by Crippen LogP contribution is -2.47. The van der Waals surface area contributed by atoms with Gasteiger partial charge in [0.05, 0.1) is 44.3 Å². The number of hydrogen-bond donors (Lipinski definition) is 3. The third kappa shape index (κ3) is 12.4. The zero-order valence-electron chi connectivity index (χ0n) is 24.4. The summed E-state index contributed by atoms with van der Waals surface area (Å²) in [6.45, 7) is 8.22. The van der Waals surface area contributed by atoms with Crippen LogP contribution in [0.3, 0.4) is 0 Å². The monoisotopic (exact) mass is 580 g/mol. The van der Waals surface area contributed by atoms with Gasteiger partial charge in [-0.1, -0.05) is 72.8 Å². The minimum Gasteiger partial charge on any atom is -0.455 e. The van der Waals surface area contributed by atoms with Crippen molar-refractivity contribution in [3.05, 3.63) is 97.1 Å². The first-order valence-electron chi connectivity index (χ1n) is 14.2. The second-order valence-electron chi connectivity index (χ2n) is 9.86. The van der Waals surface area contributed by atoms with E-state index < -0.39 is 30.0 Å². The lowest BCUT2D eigenvalue weighted by molar-refractivity contribution is -0.158. The first-order chi connectivity index (χ1) is 20.4. The Morgan fingerprint density at radius 2 is 1.57 bits per heavy atom. The topological polar surface area (TPSA) is 123 Å². The number of rotatable bonds is 21. The van der Waals surface area contributed by atoms with Crippen LogP contribution in [0, 0.1) is 11.8 Å². The zero-order chi connectivity index (χ0) is 30.6. The molecule has 2 rings (SSSR count). The maximum atomic E-state index is 13.6. The second-order valence-corrected chi connectivity index (χ2v) is 9.86.